The van der Waals surface area contributed by atoms with E-state index in [1.54, 1.807) is 19.9 Å². The average molecular weight is 292 g/mol. The van der Waals surface area contributed by atoms with Crippen molar-refractivity contribution in [1.29, 1.82) is 0 Å². The van der Waals surface area contributed by atoms with Gasteiger partial charge in [0.15, 0.2) is 6.10 Å². The van der Waals surface area contributed by atoms with Crippen molar-refractivity contribution in [2.24, 2.45) is 0 Å². The van der Waals surface area contributed by atoms with Crippen molar-refractivity contribution in [3.63, 3.8) is 0 Å². The molecule has 1 aromatic carbocycles. The minimum absolute atomic E-state index is 0.410. The number of carbonyl (C=O) groups is 2. The fraction of sp³-hybridized carbons (Fsp3) is 0.467. The fourth-order valence-electron chi connectivity index (χ4n) is 2.32. The zero-order valence-corrected chi connectivity index (χ0v) is 12.2. The molecule has 6 nitrogen and oxygen atoms in total. The highest BCUT2D eigenvalue weighted by Crippen LogP contribution is 2.33. The van der Waals surface area contributed by atoms with Gasteiger partial charge in [-0.3, -0.25) is 10.1 Å². The predicted molar refractivity (Wildman–Crippen MR) is 77.0 cm³/mol. The SMILES string of the molecule is CCNC(=O)NC(=O)C(C)Oc1ccc2c(c1)CC[C@@H]2O. The molecule has 3 amide bonds. The van der Waals surface area contributed by atoms with Gasteiger partial charge in [-0.2, -0.15) is 0 Å². The third kappa shape index (κ3) is 3.72. The van der Waals surface area contributed by atoms with E-state index in [-0.39, 0.29) is 0 Å². The molecule has 0 fully saturated rings. The molecule has 0 bridgehead atoms. The second-order valence-electron chi connectivity index (χ2n) is 5.02. The molecule has 0 spiro atoms. The van der Waals surface area contributed by atoms with Crippen LogP contribution < -0.4 is 15.4 Å². The van der Waals surface area contributed by atoms with Gasteiger partial charge in [0.25, 0.3) is 5.91 Å². The number of aliphatic hydroxyl groups excluding tert-OH is 1. The minimum Gasteiger partial charge on any atom is -0.481 e. The maximum Gasteiger partial charge on any atom is 0.321 e. The van der Waals surface area contributed by atoms with E-state index in [0.29, 0.717) is 18.7 Å². The van der Waals surface area contributed by atoms with E-state index >= 15 is 0 Å². The summed E-state index contributed by atoms with van der Waals surface area (Å²) in [6.45, 7) is 3.79. The van der Waals surface area contributed by atoms with Crippen molar-refractivity contribution in [2.45, 2.75) is 38.9 Å². The molecule has 1 aliphatic carbocycles. The first-order valence-electron chi connectivity index (χ1n) is 7.07. The van der Waals surface area contributed by atoms with Crippen molar-refractivity contribution in [2.75, 3.05) is 6.54 Å². The molecule has 3 N–H and O–H groups in total. The van der Waals surface area contributed by atoms with E-state index < -0.39 is 24.1 Å². The van der Waals surface area contributed by atoms with E-state index in [9.17, 15) is 14.7 Å². The molecule has 0 aliphatic heterocycles. The number of aliphatic hydroxyl groups is 1. The van der Waals surface area contributed by atoms with Crippen molar-refractivity contribution < 1.29 is 19.4 Å². The maximum atomic E-state index is 11.8. The van der Waals surface area contributed by atoms with Crippen molar-refractivity contribution in [3.8, 4) is 5.75 Å². The Hall–Kier alpha value is -2.08. The summed E-state index contributed by atoms with van der Waals surface area (Å²) in [6, 6.07) is 4.84. The van der Waals surface area contributed by atoms with Crippen LogP contribution in [0.5, 0.6) is 5.75 Å². The first kappa shape index (κ1) is 15.3. The molecular formula is C15H20N2O4. The van der Waals surface area contributed by atoms with Crippen LogP contribution in [0.1, 0.15) is 37.5 Å². The first-order valence-corrected chi connectivity index (χ1v) is 7.07. The molecule has 1 aromatic rings. The summed E-state index contributed by atoms with van der Waals surface area (Å²) in [5.41, 5.74) is 1.96. The summed E-state index contributed by atoms with van der Waals surface area (Å²) >= 11 is 0. The molecule has 1 aliphatic rings. The Kier molecular flexibility index (Phi) is 4.80. The van der Waals surface area contributed by atoms with E-state index in [2.05, 4.69) is 10.6 Å². The smallest absolute Gasteiger partial charge is 0.321 e. The maximum absolute atomic E-state index is 11.8. The number of urea groups is 1. The lowest BCUT2D eigenvalue weighted by atomic mass is 10.1. The van der Waals surface area contributed by atoms with Crippen LogP contribution >= 0.6 is 0 Å². The Morgan fingerprint density at radius 3 is 2.95 bits per heavy atom. The summed E-state index contributed by atoms with van der Waals surface area (Å²) in [5.74, 6) is 0.0582. The minimum atomic E-state index is -0.781. The molecule has 0 heterocycles. The molecule has 6 heteroatoms. The van der Waals surface area contributed by atoms with Crippen LogP contribution in [-0.2, 0) is 11.2 Å². The number of benzene rings is 1. The largest absolute Gasteiger partial charge is 0.481 e. The van der Waals surface area contributed by atoms with Gasteiger partial charge in [0, 0.05) is 6.54 Å². The molecule has 0 saturated heterocycles. The molecule has 2 atom stereocenters. The second kappa shape index (κ2) is 6.58. The summed E-state index contributed by atoms with van der Waals surface area (Å²) in [7, 11) is 0. The molecule has 2 rings (SSSR count). The molecule has 0 radical (unpaired) electrons. The van der Waals surface area contributed by atoms with E-state index in [1.165, 1.54) is 0 Å². The third-order valence-corrected chi connectivity index (χ3v) is 3.42. The lowest BCUT2D eigenvalue weighted by Crippen LogP contribution is -2.45. The molecule has 0 saturated carbocycles. The highest BCUT2D eigenvalue weighted by Gasteiger charge is 2.22. The van der Waals surface area contributed by atoms with Gasteiger partial charge in [-0.1, -0.05) is 6.07 Å². The number of aryl methyl sites for hydroxylation is 1. The van der Waals surface area contributed by atoms with Crippen molar-refractivity contribution in [1.82, 2.24) is 10.6 Å². The number of rotatable bonds is 4. The van der Waals surface area contributed by atoms with E-state index in [1.807, 2.05) is 12.1 Å². The van der Waals surface area contributed by atoms with Crippen molar-refractivity contribution >= 4 is 11.9 Å². The summed E-state index contributed by atoms with van der Waals surface area (Å²) < 4.78 is 5.54. The highest BCUT2D eigenvalue weighted by molar-refractivity contribution is 5.96. The molecule has 21 heavy (non-hydrogen) atoms. The molecule has 1 unspecified atom stereocenters. The number of carbonyl (C=O) groups excluding carboxylic acids is 2. The zero-order valence-electron chi connectivity index (χ0n) is 12.2. The Morgan fingerprint density at radius 1 is 1.48 bits per heavy atom. The van der Waals surface area contributed by atoms with Gasteiger partial charge in [0.2, 0.25) is 0 Å². The molecular weight excluding hydrogens is 272 g/mol. The quantitative estimate of drug-likeness (QED) is 0.780. The summed E-state index contributed by atoms with van der Waals surface area (Å²) in [5, 5.41) is 14.4. The number of ether oxygens (including phenoxy) is 1. The van der Waals surface area contributed by atoms with Gasteiger partial charge >= 0.3 is 6.03 Å². The van der Waals surface area contributed by atoms with Gasteiger partial charge < -0.3 is 15.2 Å². The van der Waals surface area contributed by atoms with Gasteiger partial charge in [0.05, 0.1) is 6.10 Å². The lowest BCUT2D eigenvalue weighted by Gasteiger charge is -2.15. The summed E-state index contributed by atoms with van der Waals surface area (Å²) in [6.07, 6.45) is 0.323. The first-order chi connectivity index (χ1) is 10.0. The van der Waals surface area contributed by atoms with Gasteiger partial charge in [-0.15, -0.1) is 0 Å². The molecule has 114 valence electrons. The number of hydrogen-bond donors (Lipinski definition) is 3. The van der Waals surface area contributed by atoms with Crippen LogP contribution in [0.15, 0.2) is 18.2 Å². The van der Waals surface area contributed by atoms with Gasteiger partial charge in [-0.05, 0) is 49.9 Å². The van der Waals surface area contributed by atoms with Crippen LogP contribution in [-0.4, -0.2) is 29.7 Å². The van der Waals surface area contributed by atoms with Crippen molar-refractivity contribution in [3.05, 3.63) is 29.3 Å². The zero-order chi connectivity index (χ0) is 15.4. The Balaban J connectivity index is 1.95. The van der Waals surface area contributed by atoms with Gasteiger partial charge in [0.1, 0.15) is 5.75 Å². The predicted octanol–water partition coefficient (Wildman–Crippen LogP) is 1.28. The van der Waals surface area contributed by atoms with Crippen LogP contribution in [0.3, 0.4) is 0 Å². The average Bonchev–Trinajstić information content (AvgIpc) is 2.80. The number of hydrogen-bond acceptors (Lipinski definition) is 4. The fourth-order valence-corrected chi connectivity index (χ4v) is 2.32. The second-order valence-corrected chi connectivity index (χ2v) is 5.02. The number of imide groups is 1. The van der Waals surface area contributed by atoms with Crippen LogP contribution in [0.25, 0.3) is 0 Å². The van der Waals surface area contributed by atoms with Gasteiger partial charge in [-0.25, -0.2) is 4.79 Å². The third-order valence-electron chi connectivity index (χ3n) is 3.42. The van der Waals surface area contributed by atoms with E-state index in [4.69, 9.17) is 4.74 Å². The number of amides is 3. The normalized spacial score (nSPS) is 17.8. The highest BCUT2D eigenvalue weighted by atomic mass is 16.5. The Labute approximate surface area is 123 Å². The standard InChI is InChI=1S/C15H20N2O4/c1-3-16-15(20)17-14(19)9(2)21-11-5-6-12-10(8-11)4-7-13(12)18/h5-6,8-9,13,18H,3-4,7H2,1-2H3,(H2,16,17,19,20)/t9?,13-/m0/s1. The summed E-state index contributed by atoms with van der Waals surface area (Å²) in [4.78, 5) is 23.1. The monoisotopic (exact) mass is 292 g/mol. The van der Waals surface area contributed by atoms with E-state index in [0.717, 1.165) is 17.5 Å². The van der Waals surface area contributed by atoms with Crippen LogP contribution in [0, 0.1) is 0 Å². The number of nitrogens with one attached hydrogen (secondary N) is 2. The van der Waals surface area contributed by atoms with Crippen LogP contribution in [0.2, 0.25) is 0 Å². The van der Waals surface area contributed by atoms with Crippen LogP contribution in [0.4, 0.5) is 4.79 Å². The lowest BCUT2D eigenvalue weighted by molar-refractivity contribution is -0.126. The Morgan fingerprint density at radius 2 is 2.24 bits per heavy atom. The topological polar surface area (TPSA) is 87.7 Å². The Bertz CT molecular complexity index is 544. The number of fused-ring (bicyclic) bond motifs is 1. The molecule has 0 aromatic heterocycles.